The van der Waals surface area contributed by atoms with Gasteiger partial charge in [0.1, 0.15) is 24.2 Å². The van der Waals surface area contributed by atoms with Crippen molar-refractivity contribution >= 4 is 27.3 Å². The van der Waals surface area contributed by atoms with E-state index in [1.54, 1.807) is 48.8 Å². The molecule has 31 heavy (non-hydrogen) atoms. The molecular weight excluding hydrogens is 438 g/mol. The van der Waals surface area contributed by atoms with Crippen LogP contribution in [0.25, 0.3) is 5.82 Å². The highest BCUT2D eigenvalue weighted by atomic mass is 35.5. The predicted octanol–water partition coefficient (Wildman–Crippen LogP) is 4.53. The second-order valence-corrected chi connectivity index (χ2v) is 8.81. The van der Waals surface area contributed by atoms with Crippen LogP contribution in [0.2, 0.25) is 5.02 Å². The van der Waals surface area contributed by atoms with E-state index in [1.165, 1.54) is 18.5 Å². The molecule has 0 saturated carbocycles. The van der Waals surface area contributed by atoms with E-state index in [-0.39, 0.29) is 4.90 Å². The van der Waals surface area contributed by atoms with Crippen LogP contribution in [0.3, 0.4) is 0 Å². The van der Waals surface area contributed by atoms with Gasteiger partial charge >= 0.3 is 0 Å². The molecule has 2 aromatic heterocycles. The fourth-order valence-corrected chi connectivity index (χ4v) is 4.17. The summed E-state index contributed by atoms with van der Waals surface area (Å²) >= 11 is 5.89. The second-order valence-electron chi connectivity index (χ2n) is 6.69. The number of benzene rings is 2. The molecule has 10 heteroatoms. The van der Waals surface area contributed by atoms with Crippen LogP contribution in [-0.2, 0) is 10.0 Å². The first-order chi connectivity index (χ1) is 14.8. The maximum Gasteiger partial charge on any atom is 0.261 e. The minimum absolute atomic E-state index is 0.0823. The van der Waals surface area contributed by atoms with Crippen LogP contribution in [0.5, 0.6) is 11.6 Å². The Morgan fingerprint density at radius 2 is 1.77 bits per heavy atom. The van der Waals surface area contributed by atoms with Gasteiger partial charge in [0, 0.05) is 22.5 Å². The molecule has 0 bridgehead atoms. The number of sulfonamides is 1. The third kappa shape index (κ3) is 4.68. The number of aromatic nitrogens is 4. The highest BCUT2D eigenvalue weighted by Crippen LogP contribution is 2.25. The first kappa shape index (κ1) is 20.8. The van der Waals surface area contributed by atoms with Crippen molar-refractivity contribution in [2.75, 3.05) is 4.72 Å². The molecule has 158 valence electrons. The van der Waals surface area contributed by atoms with Crippen molar-refractivity contribution in [3.8, 4) is 17.4 Å². The smallest absolute Gasteiger partial charge is 0.261 e. The highest BCUT2D eigenvalue weighted by molar-refractivity contribution is 7.92. The van der Waals surface area contributed by atoms with Crippen molar-refractivity contribution in [2.24, 2.45) is 0 Å². The molecule has 0 fully saturated rings. The van der Waals surface area contributed by atoms with Crippen LogP contribution in [0.4, 0.5) is 5.69 Å². The first-order valence-electron chi connectivity index (χ1n) is 9.21. The minimum atomic E-state index is -3.75. The Hall–Kier alpha value is -3.43. The van der Waals surface area contributed by atoms with E-state index >= 15 is 0 Å². The fourth-order valence-electron chi connectivity index (χ4n) is 2.81. The van der Waals surface area contributed by atoms with Crippen molar-refractivity contribution in [2.45, 2.75) is 18.7 Å². The Bertz CT molecular complexity index is 1340. The van der Waals surface area contributed by atoms with E-state index in [9.17, 15) is 8.42 Å². The average molecular weight is 456 g/mol. The molecule has 0 aliphatic rings. The number of nitrogens with zero attached hydrogens (tertiary/aromatic N) is 4. The summed E-state index contributed by atoms with van der Waals surface area (Å²) in [6.45, 7) is 3.88. The summed E-state index contributed by atoms with van der Waals surface area (Å²) < 4.78 is 35.2. The van der Waals surface area contributed by atoms with E-state index in [1.807, 2.05) is 18.4 Å². The molecule has 4 aromatic rings. The lowest BCUT2D eigenvalue weighted by molar-refractivity contribution is 0.461. The molecule has 0 atom stereocenters. The zero-order valence-corrected chi connectivity index (χ0v) is 18.2. The average Bonchev–Trinajstić information content (AvgIpc) is 3.08. The van der Waals surface area contributed by atoms with Gasteiger partial charge in [0.25, 0.3) is 10.0 Å². The van der Waals surface area contributed by atoms with Gasteiger partial charge < -0.3 is 4.74 Å². The summed E-state index contributed by atoms with van der Waals surface area (Å²) in [5.74, 6) is 1.48. The van der Waals surface area contributed by atoms with E-state index < -0.39 is 10.0 Å². The molecule has 4 rings (SSSR count). The topological polar surface area (TPSA) is 99.0 Å². The number of hydrogen-bond acceptors (Lipinski definition) is 6. The van der Waals surface area contributed by atoms with Gasteiger partial charge in [-0.05, 0) is 56.3 Å². The van der Waals surface area contributed by atoms with Crippen molar-refractivity contribution < 1.29 is 13.2 Å². The molecule has 2 aromatic carbocycles. The summed E-state index contributed by atoms with van der Waals surface area (Å²) in [6.07, 6.45) is 3.10. The number of anilines is 1. The zero-order valence-electron chi connectivity index (χ0n) is 16.7. The standard InChI is InChI=1S/C21H18ClN5O3S/c1-14-15(2)27(13-25-14)20-11-21(24-12-23-20)30-18-8-6-17(7-9-18)26-31(28,29)19-5-3-4-16(22)10-19/h3-13,26H,1-2H3. The maximum absolute atomic E-state index is 12.5. The molecule has 0 amide bonds. The number of ether oxygens (including phenoxy) is 1. The van der Waals surface area contributed by atoms with E-state index in [4.69, 9.17) is 16.3 Å². The van der Waals surface area contributed by atoms with E-state index in [0.717, 1.165) is 11.4 Å². The third-order valence-electron chi connectivity index (χ3n) is 4.56. The normalized spacial score (nSPS) is 11.3. The number of imidazole rings is 1. The minimum Gasteiger partial charge on any atom is -0.439 e. The molecule has 2 heterocycles. The van der Waals surface area contributed by atoms with Crippen molar-refractivity contribution in [1.29, 1.82) is 0 Å². The van der Waals surface area contributed by atoms with Crippen LogP contribution < -0.4 is 9.46 Å². The van der Waals surface area contributed by atoms with Gasteiger partial charge in [-0.15, -0.1) is 0 Å². The Morgan fingerprint density at radius 3 is 2.45 bits per heavy atom. The molecule has 0 aliphatic heterocycles. The second kappa shape index (κ2) is 8.37. The first-order valence-corrected chi connectivity index (χ1v) is 11.1. The molecule has 0 radical (unpaired) electrons. The lowest BCUT2D eigenvalue weighted by atomic mass is 10.3. The summed E-state index contributed by atoms with van der Waals surface area (Å²) in [4.78, 5) is 12.7. The summed E-state index contributed by atoms with van der Waals surface area (Å²) in [5.41, 5.74) is 2.28. The Kier molecular flexibility index (Phi) is 5.62. The molecule has 0 unspecified atom stereocenters. The highest BCUT2D eigenvalue weighted by Gasteiger charge is 2.14. The van der Waals surface area contributed by atoms with Gasteiger partial charge in [-0.2, -0.15) is 0 Å². The van der Waals surface area contributed by atoms with E-state index in [2.05, 4.69) is 19.7 Å². The van der Waals surface area contributed by atoms with Crippen LogP contribution in [-0.4, -0.2) is 27.9 Å². The number of nitrogens with one attached hydrogen (secondary N) is 1. The van der Waals surface area contributed by atoms with Crippen LogP contribution >= 0.6 is 11.6 Å². The van der Waals surface area contributed by atoms with Gasteiger partial charge in [0.15, 0.2) is 0 Å². The van der Waals surface area contributed by atoms with Gasteiger partial charge in [0.05, 0.1) is 10.6 Å². The van der Waals surface area contributed by atoms with Crippen molar-refractivity contribution in [1.82, 2.24) is 19.5 Å². The number of aryl methyl sites for hydroxylation is 1. The van der Waals surface area contributed by atoms with Crippen LogP contribution in [0.1, 0.15) is 11.4 Å². The molecular formula is C21H18ClN5O3S. The zero-order chi connectivity index (χ0) is 22.0. The maximum atomic E-state index is 12.5. The Labute approximate surface area is 184 Å². The number of hydrogen-bond donors (Lipinski definition) is 1. The summed E-state index contributed by atoms with van der Waals surface area (Å²) in [5, 5.41) is 0.344. The quantitative estimate of drug-likeness (QED) is 0.458. The summed E-state index contributed by atoms with van der Waals surface area (Å²) in [6, 6.07) is 14.2. The van der Waals surface area contributed by atoms with E-state index in [0.29, 0.717) is 28.2 Å². The Morgan fingerprint density at radius 1 is 1.00 bits per heavy atom. The largest absolute Gasteiger partial charge is 0.439 e. The van der Waals surface area contributed by atoms with Gasteiger partial charge in [-0.25, -0.2) is 23.4 Å². The van der Waals surface area contributed by atoms with Crippen LogP contribution in [0, 0.1) is 13.8 Å². The number of rotatable bonds is 6. The summed E-state index contributed by atoms with van der Waals surface area (Å²) in [7, 11) is -3.75. The third-order valence-corrected chi connectivity index (χ3v) is 6.18. The molecule has 0 spiro atoms. The fraction of sp³-hybridized carbons (Fsp3) is 0.0952. The van der Waals surface area contributed by atoms with Gasteiger partial charge in [-0.3, -0.25) is 9.29 Å². The molecule has 8 nitrogen and oxygen atoms in total. The van der Waals surface area contributed by atoms with Crippen molar-refractivity contribution in [3.05, 3.63) is 83.7 Å². The molecule has 1 N–H and O–H groups in total. The van der Waals surface area contributed by atoms with Crippen LogP contribution in [0.15, 0.2) is 72.1 Å². The monoisotopic (exact) mass is 455 g/mol. The van der Waals surface area contributed by atoms with Crippen molar-refractivity contribution in [3.63, 3.8) is 0 Å². The van der Waals surface area contributed by atoms with Gasteiger partial charge in [-0.1, -0.05) is 17.7 Å². The predicted molar refractivity (Wildman–Crippen MR) is 117 cm³/mol. The molecule has 0 aliphatic carbocycles. The van der Waals surface area contributed by atoms with Gasteiger partial charge in [0.2, 0.25) is 5.88 Å². The lowest BCUT2D eigenvalue weighted by Crippen LogP contribution is -2.12. The Balaban J connectivity index is 1.49. The SMILES string of the molecule is Cc1ncn(-c2cc(Oc3ccc(NS(=O)(=O)c4cccc(Cl)c4)cc3)ncn2)c1C. The molecule has 0 saturated heterocycles. The number of halogens is 1. The lowest BCUT2D eigenvalue weighted by Gasteiger charge is -2.10.